The second kappa shape index (κ2) is 41.9. The summed E-state index contributed by atoms with van der Waals surface area (Å²) in [5.41, 5.74) is 18.5. The first-order valence-corrected chi connectivity index (χ1v) is 37.4. The third-order valence-electron chi connectivity index (χ3n) is 15.0. The fraction of sp³-hybridized carbons (Fsp3) is 0.366. The number of epoxide rings is 1. The molecule has 0 spiro atoms. The van der Waals surface area contributed by atoms with Gasteiger partial charge in [0.25, 0.3) is 0 Å². The van der Waals surface area contributed by atoms with Crippen LogP contribution in [0.2, 0.25) is 10.2 Å². The first kappa shape index (κ1) is 86.8. The zero-order valence-corrected chi connectivity index (χ0v) is 67.1. The average molecular weight is 1560 g/mol. The van der Waals surface area contributed by atoms with Crippen molar-refractivity contribution in [1.82, 2.24) is 39.9 Å². The summed E-state index contributed by atoms with van der Waals surface area (Å²) in [6, 6.07) is 27.7. The number of anilines is 6. The van der Waals surface area contributed by atoms with Crippen molar-refractivity contribution in [3.63, 3.8) is 0 Å². The number of aryl methyl sites for hydroxylation is 1. The molecule has 0 aliphatic carbocycles. The topological polar surface area (TPSA) is 328 Å². The Hall–Kier alpha value is -10.5. The number of amides is 3. The van der Waals surface area contributed by atoms with Crippen LogP contribution in [0.25, 0.3) is 31.9 Å². The number of fused-ring (bicyclic) bond motifs is 4. The highest BCUT2D eigenvalue weighted by Crippen LogP contribution is 2.45. The minimum Gasteiger partial charge on any atom is -0.464 e. The van der Waals surface area contributed by atoms with Crippen molar-refractivity contribution in [2.45, 2.75) is 151 Å². The number of thiazole rings is 1. The number of nitrogen functional groups attached to an aromatic ring is 1. The largest absolute Gasteiger partial charge is 0.464 e. The second-order valence-corrected chi connectivity index (χ2v) is 30.6. The molecule has 1 fully saturated rings. The van der Waals surface area contributed by atoms with Gasteiger partial charge in [-0.25, -0.2) is 29.1 Å². The van der Waals surface area contributed by atoms with Gasteiger partial charge < -0.3 is 49.9 Å². The Morgan fingerprint density at radius 1 is 0.627 bits per heavy atom. The van der Waals surface area contributed by atoms with Gasteiger partial charge in [-0.3, -0.25) is 45.4 Å². The number of nitrogens with one attached hydrogen (secondary N) is 4. The van der Waals surface area contributed by atoms with Crippen LogP contribution in [0.15, 0.2) is 172 Å². The van der Waals surface area contributed by atoms with E-state index in [1.165, 1.54) is 33.8 Å². The molecule has 584 valence electrons. The van der Waals surface area contributed by atoms with Gasteiger partial charge in [0.2, 0.25) is 0 Å². The van der Waals surface area contributed by atoms with E-state index in [2.05, 4.69) is 60.9 Å². The predicted molar refractivity (Wildman–Crippen MR) is 436 cm³/mol. The maximum absolute atomic E-state index is 13.2. The molecule has 3 amide bonds. The molecule has 4 aliphatic heterocycles. The maximum Gasteiger partial charge on any atom is 0.414 e. The molecule has 28 heteroatoms. The van der Waals surface area contributed by atoms with Gasteiger partial charge >= 0.3 is 24.2 Å². The maximum atomic E-state index is 13.2. The number of halogens is 2. The van der Waals surface area contributed by atoms with Crippen LogP contribution >= 0.6 is 34.5 Å². The monoisotopic (exact) mass is 1560 g/mol. The number of hydrogen-bond donors (Lipinski definition) is 6. The summed E-state index contributed by atoms with van der Waals surface area (Å²) in [5, 5.41) is 22.5. The summed E-state index contributed by atoms with van der Waals surface area (Å²) >= 11 is 13.9. The number of nitrogens with zero attached hydrogens (tertiary/aromatic N) is 9. The molecule has 2 aromatic carbocycles. The smallest absolute Gasteiger partial charge is 0.414 e. The van der Waals surface area contributed by atoms with Crippen molar-refractivity contribution < 1.29 is 52.7 Å². The molecule has 14 rings (SSSR count). The lowest BCUT2D eigenvalue weighted by molar-refractivity contribution is -0.166. The second-order valence-electron chi connectivity index (χ2n) is 28.8. The van der Waals surface area contributed by atoms with E-state index in [1.807, 2.05) is 149 Å². The molecule has 0 bridgehead atoms. The lowest BCUT2D eigenvalue weighted by atomic mass is 9.91. The lowest BCUT2D eigenvalue weighted by Gasteiger charge is -2.29. The van der Waals surface area contributed by atoms with Gasteiger partial charge in [-0.15, -0.1) is 11.3 Å². The van der Waals surface area contributed by atoms with Gasteiger partial charge in [0.1, 0.15) is 27.0 Å². The molecule has 4 aliphatic rings. The standard InChI is InChI=1S/C27H26Cl2N2O3S.C12H18N2O3.C12H16N2O2.C10H14N2O2.2C7H8N2.C5H6N2.C2H4O/c1-6-33-26(32)23(34-27(3,4)5)21-15(2)13-19-24(22(21)16-7-9-18(28)10-8-16)35-25(31-19)17-11-12-30-20(29)14-17;1-12(2,3)17-11(16)14-10-4-6-13-8-9(10)5-7-15;1-12(2,3)16-11(15)14-7-5-9-8-13-6-4-10(9)14;1-10(2,3)14-9(13)12-8-4-6-11-7-5-8;2*1-4-9-7-2-3-8-5-6(1)7;6-5-1-3-7-4-2-5;1-2-3-1/h7-14,23H,6H2,1-5H3;4,6,8,15H,5,7H2,1-3H3,(H,13,14,16);4,6,8H,5,7H2,1-3H3;4-7H,1-3H3,(H,11,12,13);2*2-3,5,9H,1,4H2;1-4H,(H2,6,7);1-2H2/t23-;;;;;;;/m0......./s1. The molecular formula is C82H100Cl2N14O11S. The van der Waals surface area contributed by atoms with E-state index in [0.29, 0.717) is 34.5 Å². The quantitative estimate of drug-likeness (QED) is 0.0321. The lowest BCUT2D eigenvalue weighted by Crippen LogP contribution is -2.35. The molecule has 0 unspecified atom stereocenters. The van der Waals surface area contributed by atoms with Gasteiger partial charge in [0.05, 0.1) is 47.0 Å². The zero-order chi connectivity index (χ0) is 80.0. The Labute approximate surface area is 657 Å². The summed E-state index contributed by atoms with van der Waals surface area (Å²) in [5.74, 6) is -0.425. The highest BCUT2D eigenvalue weighted by molar-refractivity contribution is 7.22. The van der Waals surface area contributed by atoms with Gasteiger partial charge in [0, 0.05) is 151 Å². The van der Waals surface area contributed by atoms with Crippen molar-refractivity contribution in [3.05, 3.63) is 215 Å². The minimum absolute atomic E-state index is 0.00862. The highest BCUT2D eigenvalue weighted by atomic mass is 35.5. The number of pyridine rings is 7. The molecule has 1 atom stereocenters. The van der Waals surface area contributed by atoms with Gasteiger partial charge in [-0.05, 0) is 235 Å². The molecule has 1 saturated heterocycles. The third-order valence-corrected chi connectivity index (χ3v) is 16.6. The van der Waals surface area contributed by atoms with Crippen molar-refractivity contribution in [3.8, 4) is 21.7 Å². The third kappa shape index (κ3) is 30.2. The molecule has 110 heavy (non-hydrogen) atoms. The summed E-state index contributed by atoms with van der Waals surface area (Å²) < 4.78 is 32.8. The molecule has 7 N–H and O–H groups in total. The minimum atomic E-state index is -0.911. The van der Waals surface area contributed by atoms with Crippen LogP contribution in [0.5, 0.6) is 0 Å². The number of nitrogens with two attached hydrogens (primary N) is 1. The number of rotatable bonds is 10. The van der Waals surface area contributed by atoms with Crippen LogP contribution in [0, 0.1) is 6.92 Å². The number of esters is 1. The van der Waals surface area contributed by atoms with Gasteiger partial charge in [0.15, 0.2) is 6.10 Å². The van der Waals surface area contributed by atoms with E-state index in [4.69, 9.17) is 62.7 Å². The number of aliphatic hydroxyl groups is 1. The summed E-state index contributed by atoms with van der Waals surface area (Å²) in [4.78, 5) is 82.2. The summed E-state index contributed by atoms with van der Waals surface area (Å²) in [6.45, 7) is 31.1. The molecular weight excluding hydrogens is 1460 g/mol. The average Bonchev–Trinajstić information content (AvgIpc) is 1.42. The van der Waals surface area contributed by atoms with Crippen molar-refractivity contribution >= 4 is 103 Å². The van der Waals surface area contributed by atoms with E-state index >= 15 is 0 Å². The fourth-order valence-corrected chi connectivity index (χ4v) is 11.8. The van der Waals surface area contributed by atoms with E-state index < -0.39 is 46.7 Å². The van der Waals surface area contributed by atoms with E-state index in [-0.39, 0.29) is 19.3 Å². The van der Waals surface area contributed by atoms with Crippen LogP contribution in [-0.2, 0) is 58.9 Å². The Morgan fingerprint density at radius 3 is 1.68 bits per heavy atom. The number of carbonyl (C=O) groups excluding carboxylic acids is 4. The Balaban J connectivity index is 0.000000190. The molecule has 12 heterocycles. The molecule has 25 nitrogen and oxygen atoms in total. The van der Waals surface area contributed by atoms with E-state index in [0.717, 1.165) is 111 Å². The van der Waals surface area contributed by atoms with Crippen LogP contribution in [0.3, 0.4) is 0 Å². The van der Waals surface area contributed by atoms with Crippen molar-refractivity contribution in [2.24, 2.45) is 0 Å². The number of hydrogen-bond acceptors (Lipinski definition) is 23. The SMILES string of the molecule is C1CO1.CC(C)(C)OC(=O)N1CCc2cnccc21.CC(C)(C)OC(=O)Nc1ccncc1.CC(C)(C)OC(=O)Nc1ccncc1CCO.CCOC(=O)[C@@H](OC(C)(C)C)c1c(C)cc2nc(-c3ccnc(Cl)c3)sc2c1-c1ccc(Cl)cc1.Nc1ccncc1.c1cc2c(cn1)CCN2.c1cc2c(cn1)CCN2. The van der Waals surface area contributed by atoms with Gasteiger partial charge in [-0.2, -0.15) is 0 Å². The Kier molecular flexibility index (Phi) is 33.1. The van der Waals surface area contributed by atoms with Crippen LogP contribution in [0.4, 0.5) is 48.5 Å². The normalized spacial score (nSPS) is 12.9. The fourth-order valence-electron chi connectivity index (χ4n) is 10.4. The van der Waals surface area contributed by atoms with Crippen LogP contribution < -0.4 is 31.9 Å². The first-order valence-electron chi connectivity index (χ1n) is 35.9. The van der Waals surface area contributed by atoms with E-state index in [1.54, 1.807) is 125 Å². The first-order chi connectivity index (χ1) is 52.3. The Bertz CT molecular complexity index is 4480. The van der Waals surface area contributed by atoms with E-state index in [9.17, 15) is 19.2 Å². The number of aromatic nitrogens is 8. The highest BCUT2D eigenvalue weighted by Gasteiger charge is 2.34. The molecule has 8 aromatic heterocycles. The van der Waals surface area contributed by atoms with Crippen LogP contribution in [-0.4, -0.2) is 138 Å². The summed E-state index contributed by atoms with van der Waals surface area (Å²) in [7, 11) is 0. The number of ether oxygens (including phenoxy) is 6. The zero-order valence-electron chi connectivity index (χ0n) is 64.8. The van der Waals surface area contributed by atoms with Crippen LogP contribution in [0.1, 0.15) is 129 Å². The number of benzene rings is 2. The summed E-state index contributed by atoms with van der Waals surface area (Å²) in [6.07, 6.45) is 23.8. The van der Waals surface area contributed by atoms with Crippen molar-refractivity contribution in [2.75, 3.05) is 78.0 Å². The Morgan fingerprint density at radius 2 is 1.16 bits per heavy atom. The number of aliphatic hydroxyl groups excluding tert-OH is 1. The number of carbonyl (C=O) groups is 4. The molecule has 0 radical (unpaired) electrons. The van der Waals surface area contributed by atoms with Crippen molar-refractivity contribution in [1.29, 1.82) is 0 Å². The molecule has 0 saturated carbocycles. The van der Waals surface area contributed by atoms with Gasteiger partial charge in [-0.1, -0.05) is 35.3 Å². The predicted octanol–water partition coefficient (Wildman–Crippen LogP) is 17.6. The molecule has 10 aromatic rings.